The lowest BCUT2D eigenvalue weighted by Crippen LogP contribution is -2.40. The first-order chi connectivity index (χ1) is 11.6. The van der Waals surface area contributed by atoms with Crippen LogP contribution in [-0.4, -0.2) is 45.4 Å². The van der Waals surface area contributed by atoms with Gasteiger partial charge in [-0.05, 0) is 61.9 Å². The largest absolute Gasteiger partial charge is 0.396 e. The number of aromatic nitrogens is 2. The molecule has 5 nitrogen and oxygen atoms in total. The highest BCUT2D eigenvalue weighted by Crippen LogP contribution is 2.27. The fourth-order valence-corrected chi connectivity index (χ4v) is 3.24. The Kier molecular flexibility index (Phi) is 4.94. The van der Waals surface area contributed by atoms with Gasteiger partial charge in [-0.25, -0.2) is 9.07 Å². The summed E-state index contributed by atoms with van der Waals surface area (Å²) in [7, 11) is 1.81. The smallest absolute Gasteiger partial charge is 0.274 e. The molecular formula is C18H22FN3O2. The molecule has 6 heteroatoms. The van der Waals surface area contributed by atoms with E-state index in [0.717, 1.165) is 25.7 Å². The van der Waals surface area contributed by atoms with E-state index in [1.54, 1.807) is 34.0 Å². The van der Waals surface area contributed by atoms with Gasteiger partial charge >= 0.3 is 0 Å². The summed E-state index contributed by atoms with van der Waals surface area (Å²) >= 11 is 0. The van der Waals surface area contributed by atoms with Crippen molar-refractivity contribution in [3.8, 4) is 5.69 Å². The Bertz CT molecular complexity index is 691. The van der Waals surface area contributed by atoms with Gasteiger partial charge in [-0.1, -0.05) is 0 Å². The van der Waals surface area contributed by atoms with Crippen molar-refractivity contribution in [1.29, 1.82) is 0 Å². The minimum absolute atomic E-state index is 0.108. The van der Waals surface area contributed by atoms with Gasteiger partial charge in [0.15, 0.2) is 5.69 Å². The molecule has 1 saturated carbocycles. The van der Waals surface area contributed by atoms with Gasteiger partial charge in [-0.2, -0.15) is 5.10 Å². The molecule has 1 N–H and O–H groups in total. The van der Waals surface area contributed by atoms with Gasteiger partial charge < -0.3 is 10.0 Å². The molecule has 0 saturated heterocycles. The maximum absolute atomic E-state index is 13.0. The summed E-state index contributed by atoms with van der Waals surface area (Å²) in [4.78, 5) is 14.4. The molecule has 1 aromatic carbocycles. The first kappa shape index (κ1) is 16.6. The zero-order valence-electron chi connectivity index (χ0n) is 13.7. The fraction of sp³-hybridized carbons (Fsp3) is 0.444. The molecule has 1 aromatic heterocycles. The summed E-state index contributed by atoms with van der Waals surface area (Å²) < 4.78 is 14.6. The Morgan fingerprint density at radius 1 is 1.25 bits per heavy atom. The van der Waals surface area contributed by atoms with Gasteiger partial charge in [0.05, 0.1) is 5.69 Å². The summed E-state index contributed by atoms with van der Waals surface area (Å²) in [5, 5.41) is 13.5. The van der Waals surface area contributed by atoms with Crippen molar-refractivity contribution in [3.05, 3.63) is 48.0 Å². The van der Waals surface area contributed by atoms with Crippen molar-refractivity contribution in [1.82, 2.24) is 14.7 Å². The molecule has 0 unspecified atom stereocenters. The Morgan fingerprint density at radius 3 is 2.54 bits per heavy atom. The lowest BCUT2D eigenvalue weighted by Gasteiger charge is -2.33. The molecule has 3 rings (SSSR count). The molecular weight excluding hydrogens is 309 g/mol. The van der Waals surface area contributed by atoms with E-state index in [1.807, 2.05) is 7.05 Å². The molecule has 2 aromatic rings. The Labute approximate surface area is 140 Å². The number of nitrogens with zero attached hydrogens (tertiary/aromatic N) is 3. The Balaban J connectivity index is 1.68. The van der Waals surface area contributed by atoms with E-state index < -0.39 is 0 Å². The van der Waals surface area contributed by atoms with Gasteiger partial charge in [0.25, 0.3) is 5.91 Å². The molecule has 0 aliphatic heterocycles. The highest BCUT2D eigenvalue weighted by Gasteiger charge is 2.27. The summed E-state index contributed by atoms with van der Waals surface area (Å²) in [6.45, 7) is 0.229. The predicted octanol–water partition coefficient (Wildman–Crippen LogP) is 2.63. The van der Waals surface area contributed by atoms with Crippen LogP contribution in [0.5, 0.6) is 0 Å². The average Bonchev–Trinajstić information content (AvgIpc) is 3.11. The molecule has 0 radical (unpaired) electrons. The number of rotatable bonds is 4. The van der Waals surface area contributed by atoms with Crippen molar-refractivity contribution >= 4 is 5.91 Å². The van der Waals surface area contributed by atoms with Gasteiger partial charge in [0.2, 0.25) is 0 Å². The van der Waals surface area contributed by atoms with Crippen molar-refractivity contribution in [2.45, 2.75) is 31.7 Å². The van der Waals surface area contributed by atoms with Crippen LogP contribution in [0.2, 0.25) is 0 Å². The van der Waals surface area contributed by atoms with E-state index in [0.29, 0.717) is 17.3 Å². The van der Waals surface area contributed by atoms with Crippen LogP contribution in [0.3, 0.4) is 0 Å². The van der Waals surface area contributed by atoms with Crippen LogP contribution in [0, 0.1) is 11.7 Å². The highest BCUT2D eigenvalue weighted by molar-refractivity contribution is 5.92. The van der Waals surface area contributed by atoms with E-state index in [4.69, 9.17) is 0 Å². The topological polar surface area (TPSA) is 58.4 Å². The van der Waals surface area contributed by atoms with Crippen LogP contribution in [0.1, 0.15) is 36.2 Å². The van der Waals surface area contributed by atoms with Crippen LogP contribution in [-0.2, 0) is 0 Å². The summed E-state index contributed by atoms with van der Waals surface area (Å²) in [5.41, 5.74) is 1.09. The number of carbonyl (C=O) groups excluding carboxylic acids is 1. The quantitative estimate of drug-likeness (QED) is 0.937. The monoisotopic (exact) mass is 331 g/mol. The Morgan fingerprint density at radius 2 is 1.92 bits per heavy atom. The average molecular weight is 331 g/mol. The van der Waals surface area contributed by atoms with Crippen LogP contribution in [0.4, 0.5) is 4.39 Å². The zero-order chi connectivity index (χ0) is 17.1. The number of amides is 1. The van der Waals surface area contributed by atoms with Gasteiger partial charge in [0.1, 0.15) is 5.82 Å². The number of hydrogen-bond donors (Lipinski definition) is 1. The van der Waals surface area contributed by atoms with Gasteiger partial charge in [0, 0.05) is 25.9 Å². The Hall–Kier alpha value is -2.21. The predicted molar refractivity (Wildman–Crippen MR) is 88.4 cm³/mol. The lowest BCUT2D eigenvalue weighted by atomic mass is 9.86. The molecule has 1 amide bonds. The molecule has 0 atom stereocenters. The van der Waals surface area contributed by atoms with Crippen molar-refractivity contribution < 1.29 is 14.3 Å². The molecule has 0 spiro atoms. The lowest BCUT2D eigenvalue weighted by molar-refractivity contribution is 0.0646. The van der Waals surface area contributed by atoms with Crippen molar-refractivity contribution in [2.24, 2.45) is 5.92 Å². The van der Waals surface area contributed by atoms with E-state index in [2.05, 4.69) is 5.10 Å². The molecule has 24 heavy (non-hydrogen) atoms. The second-order valence-electron chi connectivity index (χ2n) is 6.40. The normalized spacial score (nSPS) is 20.8. The van der Waals surface area contributed by atoms with E-state index in [1.165, 1.54) is 12.1 Å². The third-order valence-electron chi connectivity index (χ3n) is 4.84. The number of aliphatic hydroxyl groups is 1. The molecule has 1 heterocycles. The maximum atomic E-state index is 13.0. The molecule has 1 fully saturated rings. The third-order valence-corrected chi connectivity index (χ3v) is 4.84. The molecule has 1 aliphatic rings. The summed E-state index contributed by atoms with van der Waals surface area (Å²) in [5.74, 6) is -0.0498. The standard InChI is InChI=1S/C18H22FN3O2/c1-21(15-6-2-13(12-23)3-7-15)18(24)17-10-11-22(20-17)16-8-4-14(19)5-9-16/h4-5,8-11,13,15,23H,2-3,6-7,12H2,1H3. The van der Waals surface area contributed by atoms with Gasteiger partial charge in [-0.15, -0.1) is 0 Å². The second kappa shape index (κ2) is 7.13. The van der Waals surface area contributed by atoms with Crippen molar-refractivity contribution in [2.75, 3.05) is 13.7 Å². The second-order valence-corrected chi connectivity index (χ2v) is 6.40. The van der Waals surface area contributed by atoms with Gasteiger partial charge in [-0.3, -0.25) is 4.79 Å². The number of halogens is 1. The van der Waals surface area contributed by atoms with Crippen LogP contribution in [0.15, 0.2) is 36.5 Å². The SMILES string of the molecule is CN(C(=O)c1ccn(-c2ccc(F)cc2)n1)C1CCC(CO)CC1. The number of carbonyl (C=O) groups is 1. The first-order valence-electron chi connectivity index (χ1n) is 8.28. The van der Waals surface area contributed by atoms with Crippen LogP contribution < -0.4 is 0 Å². The molecule has 1 aliphatic carbocycles. The highest BCUT2D eigenvalue weighted by atomic mass is 19.1. The third kappa shape index (κ3) is 3.48. The van der Waals surface area contributed by atoms with Crippen LogP contribution >= 0.6 is 0 Å². The van der Waals surface area contributed by atoms with E-state index >= 15 is 0 Å². The molecule has 128 valence electrons. The maximum Gasteiger partial charge on any atom is 0.274 e. The first-order valence-corrected chi connectivity index (χ1v) is 8.28. The van der Waals surface area contributed by atoms with E-state index in [-0.39, 0.29) is 24.4 Å². The minimum atomic E-state index is -0.305. The number of hydrogen-bond acceptors (Lipinski definition) is 3. The fourth-order valence-electron chi connectivity index (χ4n) is 3.24. The number of aliphatic hydroxyl groups excluding tert-OH is 1. The molecule has 0 bridgehead atoms. The number of benzene rings is 1. The minimum Gasteiger partial charge on any atom is -0.396 e. The zero-order valence-corrected chi connectivity index (χ0v) is 13.7. The van der Waals surface area contributed by atoms with Crippen molar-refractivity contribution in [3.63, 3.8) is 0 Å². The van der Waals surface area contributed by atoms with E-state index in [9.17, 15) is 14.3 Å². The van der Waals surface area contributed by atoms with Crippen LogP contribution in [0.25, 0.3) is 5.69 Å². The summed E-state index contributed by atoms with van der Waals surface area (Å²) in [6.07, 6.45) is 5.42. The summed E-state index contributed by atoms with van der Waals surface area (Å²) in [6, 6.07) is 7.85.